The van der Waals surface area contributed by atoms with Crippen molar-refractivity contribution in [2.24, 2.45) is 0 Å². The third-order valence-electron chi connectivity index (χ3n) is 5.34. The molecule has 2 heterocycles. The van der Waals surface area contributed by atoms with E-state index in [-0.39, 0.29) is 24.4 Å². The SMILES string of the molecule is C=C1c2ccccc2C(=O)N1CC(=O)N1CCCC1Cc1ccccc1. The number of fused-ring (bicyclic) bond motifs is 1. The quantitative estimate of drug-likeness (QED) is 0.852. The van der Waals surface area contributed by atoms with Crippen molar-refractivity contribution in [3.05, 3.63) is 77.9 Å². The van der Waals surface area contributed by atoms with E-state index in [0.717, 1.165) is 31.4 Å². The Morgan fingerprint density at radius 3 is 2.46 bits per heavy atom. The molecule has 2 aromatic carbocycles. The molecule has 4 nitrogen and oxygen atoms in total. The van der Waals surface area contributed by atoms with Crippen molar-refractivity contribution in [2.75, 3.05) is 13.1 Å². The number of carbonyl (C=O) groups excluding carboxylic acids is 2. The molecule has 0 spiro atoms. The lowest BCUT2D eigenvalue weighted by molar-refractivity contribution is -0.132. The van der Waals surface area contributed by atoms with Gasteiger partial charge in [0.2, 0.25) is 5.91 Å². The lowest BCUT2D eigenvalue weighted by Gasteiger charge is -2.27. The van der Waals surface area contributed by atoms with Crippen molar-refractivity contribution in [1.82, 2.24) is 9.80 Å². The zero-order chi connectivity index (χ0) is 18.1. The summed E-state index contributed by atoms with van der Waals surface area (Å²) in [6, 6.07) is 17.9. The highest BCUT2D eigenvalue weighted by molar-refractivity contribution is 6.10. The fourth-order valence-corrected chi connectivity index (χ4v) is 3.99. The molecule has 0 aromatic heterocycles. The van der Waals surface area contributed by atoms with Crippen molar-refractivity contribution >= 4 is 17.5 Å². The first-order chi connectivity index (χ1) is 12.6. The lowest BCUT2D eigenvalue weighted by atomic mass is 10.0. The Labute approximate surface area is 153 Å². The Morgan fingerprint density at radius 2 is 1.73 bits per heavy atom. The summed E-state index contributed by atoms with van der Waals surface area (Å²) < 4.78 is 0. The van der Waals surface area contributed by atoms with Gasteiger partial charge in [0, 0.05) is 29.4 Å². The fraction of sp³-hybridized carbons (Fsp3) is 0.273. The topological polar surface area (TPSA) is 40.6 Å². The third-order valence-corrected chi connectivity index (χ3v) is 5.34. The van der Waals surface area contributed by atoms with Gasteiger partial charge in [0.15, 0.2) is 0 Å². The number of carbonyl (C=O) groups is 2. The Hall–Kier alpha value is -2.88. The van der Waals surface area contributed by atoms with Gasteiger partial charge in [-0.2, -0.15) is 0 Å². The van der Waals surface area contributed by atoms with Gasteiger partial charge in [-0.25, -0.2) is 0 Å². The summed E-state index contributed by atoms with van der Waals surface area (Å²) in [4.78, 5) is 29.0. The van der Waals surface area contributed by atoms with Crippen LogP contribution in [-0.4, -0.2) is 40.7 Å². The van der Waals surface area contributed by atoms with E-state index >= 15 is 0 Å². The summed E-state index contributed by atoms with van der Waals surface area (Å²) >= 11 is 0. The number of nitrogens with zero attached hydrogens (tertiary/aromatic N) is 2. The van der Waals surface area contributed by atoms with E-state index in [2.05, 4.69) is 18.7 Å². The Bertz CT molecular complexity index is 824. The van der Waals surface area contributed by atoms with Crippen LogP contribution in [0.5, 0.6) is 0 Å². The molecule has 0 radical (unpaired) electrons. The van der Waals surface area contributed by atoms with E-state index in [9.17, 15) is 9.59 Å². The van der Waals surface area contributed by atoms with Crippen molar-refractivity contribution in [2.45, 2.75) is 25.3 Å². The van der Waals surface area contributed by atoms with E-state index in [1.165, 1.54) is 10.5 Å². The summed E-state index contributed by atoms with van der Waals surface area (Å²) in [6.07, 6.45) is 2.88. The first-order valence-corrected chi connectivity index (χ1v) is 9.08. The molecule has 2 amide bonds. The number of rotatable bonds is 4. The fourth-order valence-electron chi connectivity index (χ4n) is 3.99. The summed E-state index contributed by atoms with van der Waals surface area (Å²) in [5, 5.41) is 0. The maximum atomic E-state index is 12.9. The van der Waals surface area contributed by atoms with Crippen LogP contribution in [0.1, 0.15) is 34.3 Å². The van der Waals surface area contributed by atoms with Crippen LogP contribution < -0.4 is 0 Å². The number of benzene rings is 2. The molecule has 2 aliphatic heterocycles. The van der Waals surface area contributed by atoms with E-state index < -0.39 is 0 Å². The standard InChI is InChI=1S/C22H22N2O2/c1-16-19-11-5-6-12-20(19)22(26)24(16)15-21(25)23-13-7-10-18(23)14-17-8-3-2-4-9-17/h2-6,8-9,11-12,18H,1,7,10,13-15H2. The first kappa shape index (κ1) is 16.6. The highest BCUT2D eigenvalue weighted by Gasteiger charge is 2.35. The molecule has 1 unspecified atom stereocenters. The number of likely N-dealkylation sites (tertiary alicyclic amines) is 1. The van der Waals surface area contributed by atoms with Crippen LogP contribution >= 0.6 is 0 Å². The third kappa shape index (κ3) is 2.92. The van der Waals surface area contributed by atoms with Crippen LogP contribution in [0.3, 0.4) is 0 Å². The van der Waals surface area contributed by atoms with Gasteiger partial charge in [-0.15, -0.1) is 0 Å². The van der Waals surface area contributed by atoms with Gasteiger partial charge in [-0.3, -0.25) is 14.5 Å². The summed E-state index contributed by atoms with van der Waals surface area (Å²) in [7, 11) is 0. The monoisotopic (exact) mass is 346 g/mol. The Balaban J connectivity index is 1.46. The minimum Gasteiger partial charge on any atom is -0.338 e. The van der Waals surface area contributed by atoms with Crippen LogP contribution in [0.4, 0.5) is 0 Å². The summed E-state index contributed by atoms with van der Waals surface area (Å²) in [5.41, 5.74) is 3.32. The number of hydrogen-bond acceptors (Lipinski definition) is 2. The molecule has 0 N–H and O–H groups in total. The predicted octanol–water partition coefficient (Wildman–Crippen LogP) is 3.35. The molecule has 4 rings (SSSR count). The predicted molar refractivity (Wildman–Crippen MR) is 101 cm³/mol. The van der Waals surface area contributed by atoms with E-state index in [1.54, 1.807) is 6.07 Å². The Morgan fingerprint density at radius 1 is 1.04 bits per heavy atom. The molecule has 2 aliphatic rings. The molecule has 0 aliphatic carbocycles. The van der Waals surface area contributed by atoms with Crippen LogP contribution in [-0.2, 0) is 11.2 Å². The van der Waals surface area contributed by atoms with Crippen LogP contribution in [0, 0.1) is 0 Å². The lowest BCUT2D eigenvalue weighted by Crippen LogP contribution is -2.43. The van der Waals surface area contributed by atoms with Gasteiger partial charge in [-0.1, -0.05) is 55.1 Å². The smallest absolute Gasteiger partial charge is 0.259 e. The van der Waals surface area contributed by atoms with Crippen molar-refractivity contribution in [3.8, 4) is 0 Å². The van der Waals surface area contributed by atoms with E-state index in [0.29, 0.717) is 11.3 Å². The van der Waals surface area contributed by atoms with Crippen molar-refractivity contribution in [3.63, 3.8) is 0 Å². The number of amides is 2. The summed E-state index contributed by atoms with van der Waals surface area (Å²) in [6.45, 7) is 4.86. The molecule has 1 fully saturated rings. The second-order valence-corrected chi connectivity index (χ2v) is 6.96. The molecule has 1 atom stereocenters. The average Bonchev–Trinajstić information content (AvgIpc) is 3.22. The van der Waals surface area contributed by atoms with Crippen LogP contribution in [0.2, 0.25) is 0 Å². The minimum atomic E-state index is -0.127. The second-order valence-electron chi connectivity index (χ2n) is 6.96. The molecule has 26 heavy (non-hydrogen) atoms. The van der Waals surface area contributed by atoms with Gasteiger partial charge >= 0.3 is 0 Å². The van der Waals surface area contributed by atoms with Crippen LogP contribution in [0.25, 0.3) is 5.70 Å². The zero-order valence-electron chi connectivity index (χ0n) is 14.7. The first-order valence-electron chi connectivity index (χ1n) is 9.08. The normalized spacial score (nSPS) is 19.2. The largest absolute Gasteiger partial charge is 0.338 e. The van der Waals surface area contributed by atoms with E-state index in [1.807, 2.05) is 41.3 Å². The van der Waals surface area contributed by atoms with Crippen LogP contribution in [0.15, 0.2) is 61.2 Å². The minimum absolute atomic E-state index is 0.00531. The molecular weight excluding hydrogens is 324 g/mol. The molecule has 4 heteroatoms. The highest BCUT2D eigenvalue weighted by Crippen LogP contribution is 2.31. The van der Waals surface area contributed by atoms with E-state index in [4.69, 9.17) is 0 Å². The molecule has 0 saturated carbocycles. The van der Waals surface area contributed by atoms with Gasteiger partial charge in [-0.05, 0) is 30.9 Å². The maximum absolute atomic E-state index is 12.9. The van der Waals surface area contributed by atoms with Crippen molar-refractivity contribution < 1.29 is 9.59 Å². The van der Waals surface area contributed by atoms with Gasteiger partial charge < -0.3 is 4.90 Å². The highest BCUT2D eigenvalue weighted by atomic mass is 16.2. The van der Waals surface area contributed by atoms with Gasteiger partial charge in [0.05, 0.1) is 0 Å². The second kappa shape index (κ2) is 6.79. The van der Waals surface area contributed by atoms with Gasteiger partial charge in [0.25, 0.3) is 5.91 Å². The average molecular weight is 346 g/mol. The molecular formula is C22H22N2O2. The summed E-state index contributed by atoms with van der Waals surface area (Å²) in [5.74, 6) is -0.122. The Kier molecular flexibility index (Phi) is 4.33. The van der Waals surface area contributed by atoms with Crippen molar-refractivity contribution in [1.29, 1.82) is 0 Å². The maximum Gasteiger partial charge on any atom is 0.259 e. The molecule has 1 saturated heterocycles. The molecule has 0 bridgehead atoms. The molecule has 2 aromatic rings. The number of hydrogen-bond donors (Lipinski definition) is 0. The zero-order valence-corrected chi connectivity index (χ0v) is 14.7. The molecule has 132 valence electrons. The van der Waals surface area contributed by atoms with Gasteiger partial charge in [0.1, 0.15) is 6.54 Å².